The lowest BCUT2D eigenvalue weighted by molar-refractivity contribution is -0.139. The molecule has 0 saturated heterocycles. The van der Waals surface area contributed by atoms with E-state index in [-0.39, 0.29) is 6.61 Å². The van der Waals surface area contributed by atoms with Gasteiger partial charge in [0.15, 0.2) is 0 Å². The summed E-state index contributed by atoms with van der Waals surface area (Å²) in [5, 5.41) is 20.3. The van der Waals surface area contributed by atoms with Crippen LogP contribution in [0.4, 0.5) is 4.39 Å². The van der Waals surface area contributed by atoms with Gasteiger partial charge in [0.25, 0.3) is 0 Å². The zero-order valence-corrected chi connectivity index (χ0v) is 8.69. The molecule has 1 rings (SSSR count). The lowest BCUT2D eigenvalue weighted by atomic mass is 10.1. The molecule has 5 heteroatoms. The van der Waals surface area contributed by atoms with Crippen molar-refractivity contribution >= 4 is 5.97 Å². The molecule has 0 aliphatic carbocycles. The van der Waals surface area contributed by atoms with Crippen molar-refractivity contribution in [2.24, 2.45) is 0 Å². The molecule has 0 heterocycles. The number of hydrogen-bond donors (Lipinski definition) is 3. The molecule has 0 fully saturated rings. The highest BCUT2D eigenvalue weighted by molar-refractivity contribution is 5.75. The van der Waals surface area contributed by atoms with Crippen molar-refractivity contribution in [2.45, 2.75) is 12.5 Å². The molecule has 88 valence electrons. The molecule has 4 nitrogen and oxygen atoms in total. The van der Waals surface area contributed by atoms with E-state index in [0.717, 1.165) is 0 Å². The Morgan fingerprint density at radius 2 is 2.00 bits per heavy atom. The standard InChI is InChI=1S/C11H14FNO3/c12-9-4-2-8(3-5-9)10(11(15)16)13-6-1-7-14/h2-5,10,13-14H,1,6-7H2,(H,15,16). The number of aliphatic hydroxyl groups excluding tert-OH is 1. The number of carboxylic acids is 1. The van der Waals surface area contributed by atoms with Crippen LogP contribution in [0.15, 0.2) is 24.3 Å². The van der Waals surface area contributed by atoms with Gasteiger partial charge in [-0.25, -0.2) is 4.39 Å². The maximum absolute atomic E-state index is 12.7. The van der Waals surface area contributed by atoms with Crippen LogP contribution in [0.1, 0.15) is 18.0 Å². The predicted octanol–water partition coefficient (Wildman–Crippen LogP) is 0.923. The number of hydrogen-bond acceptors (Lipinski definition) is 3. The Morgan fingerprint density at radius 1 is 1.38 bits per heavy atom. The van der Waals surface area contributed by atoms with Crippen LogP contribution in [-0.2, 0) is 4.79 Å². The Labute approximate surface area is 92.7 Å². The quantitative estimate of drug-likeness (QED) is 0.632. The van der Waals surface area contributed by atoms with Gasteiger partial charge in [-0.05, 0) is 30.7 Å². The van der Waals surface area contributed by atoms with Gasteiger partial charge in [0.1, 0.15) is 11.9 Å². The molecule has 0 amide bonds. The van der Waals surface area contributed by atoms with E-state index in [0.29, 0.717) is 18.5 Å². The van der Waals surface area contributed by atoms with E-state index < -0.39 is 17.8 Å². The van der Waals surface area contributed by atoms with Crippen molar-refractivity contribution in [1.82, 2.24) is 5.32 Å². The maximum atomic E-state index is 12.7. The zero-order chi connectivity index (χ0) is 12.0. The highest BCUT2D eigenvalue weighted by Gasteiger charge is 2.18. The zero-order valence-electron chi connectivity index (χ0n) is 8.69. The predicted molar refractivity (Wildman–Crippen MR) is 56.5 cm³/mol. The average Bonchev–Trinajstić information content (AvgIpc) is 2.26. The fourth-order valence-electron chi connectivity index (χ4n) is 1.33. The molecular weight excluding hydrogens is 213 g/mol. The van der Waals surface area contributed by atoms with Gasteiger partial charge in [0.2, 0.25) is 0 Å². The van der Waals surface area contributed by atoms with Crippen LogP contribution in [-0.4, -0.2) is 29.3 Å². The number of carboxylic acid groups (broad SMARTS) is 1. The highest BCUT2D eigenvalue weighted by Crippen LogP contribution is 2.13. The van der Waals surface area contributed by atoms with Crippen LogP contribution in [0.3, 0.4) is 0 Å². The minimum absolute atomic E-state index is 0.00273. The van der Waals surface area contributed by atoms with Gasteiger partial charge in [-0.2, -0.15) is 0 Å². The fraction of sp³-hybridized carbons (Fsp3) is 0.364. The third-order valence-corrected chi connectivity index (χ3v) is 2.13. The van der Waals surface area contributed by atoms with Gasteiger partial charge in [0, 0.05) is 6.61 Å². The summed E-state index contributed by atoms with van der Waals surface area (Å²) in [6, 6.07) is 4.44. The lowest BCUT2D eigenvalue weighted by Gasteiger charge is -2.14. The summed E-state index contributed by atoms with van der Waals surface area (Å²) in [7, 11) is 0. The molecule has 3 N–H and O–H groups in total. The molecule has 1 aromatic rings. The monoisotopic (exact) mass is 227 g/mol. The summed E-state index contributed by atoms with van der Waals surface area (Å²) in [5.74, 6) is -1.42. The number of benzene rings is 1. The maximum Gasteiger partial charge on any atom is 0.325 e. The van der Waals surface area contributed by atoms with Crippen LogP contribution in [0.25, 0.3) is 0 Å². The molecule has 0 saturated carbocycles. The Morgan fingerprint density at radius 3 is 2.50 bits per heavy atom. The topological polar surface area (TPSA) is 69.6 Å². The summed E-state index contributed by atoms with van der Waals surface area (Å²) in [5.41, 5.74) is 0.492. The van der Waals surface area contributed by atoms with Crippen LogP contribution in [0.5, 0.6) is 0 Å². The first-order valence-corrected chi connectivity index (χ1v) is 4.97. The second kappa shape index (κ2) is 6.19. The number of aliphatic hydroxyl groups is 1. The van der Waals surface area contributed by atoms with Gasteiger partial charge in [0.05, 0.1) is 0 Å². The van der Waals surface area contributed by atoms with Crippen LogP contribution >= 0.6 is 0 Å². The van der Waals surface area contributed by atoms with Crippen molar-refractivity contribution in [3.63, 3.8) is 0 Å². The van der Waals surface area contributed by atoms with Crippen molar-refractivity contribution < 1.29 is 19.4 Å². The minimum Gasteiger partial charge on any atom is -0.480 e. The summed E-state index contributed by atoms with van der Waals surface area (Å²) in [4.78, 5) is 11.0. The first-order chi connectivity index (χ1) is 7.65. The van der Waals surface area contributed by atoms with Gasteiger partial charge < -0.3 is 15.5 Å². The molecule has 1 unspecified atom stereocenters. The van der Waals surface area contributed by atoms with E-state index in [1.807, 2.05) is 0 Å². The molecule has 0 aromatic heterocycles. The third kappa shape index (κ3) is 3.60. The number of nitrogens with one attached hydrogen (secondary N) is 1. The minimum atomic E-state index is -1.02. The van der Waals surface area contributed by atoms with E-state index in [1.54, 1.807) is 0 Å². The van der Waals surface area contributed by atoms with Crippen LogP contribution in [0.2, 0.25) is 0 Å². The molecule has 0 aliphatic heterocycles. The molecule has 0 bridgehead atoms. The second-order valence-electron chi connectivity index (χ2n) is 3.35. The molecule has 16 heavy (non-hydrogen) atoms. The smallest absolute Gasteiger partial charge is 0.325 e. The first kappa shape index (κ1) is 12.6. The largest absolute Gasteiger partial charge is 0.480 e. The molecular formula is C11H14FNO3. The van der Waals surface area contributed by atoms with E-state index in [1.165, 1.54) is 24.3 Å². The van der Waals surface area contributed by atoms with Gasteiger partial charge >= 0.3 is 5.97 Å². The number of carbonyl (C=O) groups is 1. The van der Waals surface area contributed by atoms with E-state index >= 15 is 0 Å². The Kier molecular flexibility index (Phi) is 4.88. The summed E-state index contributed by atoms with van der Waals surface area (Å²) in [6.07, 6.45) is 0.477. The van der Waals surface area contributed by atoms with E-state index in [4.69, 9.17) is 10.2 Å². The van der Waals surface area contributed by atoms with Crippen molar-refractivity contribution in [1.29, 1.82) is 0 Å². The van der Waals surface area contributed by atoms with Gasteiger partial charge in [-0.1, -0.05) is 12.1 Å². The number of aliphatic carboxylic acids is 1. The summed E-state index contributed by atoms with van der Waals surface area (Å²) < 4.78 is 12.7. The normalized spacial score (nSPS) is 12.4. The molecule has 0 radical (unpaired) electrons. The molecule has 0 spiro atoms. The van der Waals surface area contributed by atoms with Crippen molar-refractivity contribution in [3.05, 3.63) is 35.6 Å². The summed E-state index contributed by atoms with van der Waals surface area (Å²) in [6.45, 7) is 0.396. The first-order valence-electron chi connectivity index (χ1n) is 4.97. The molecule has 1 atom stereocenters. The van der Waals surface area contributed by atoms with Crippen molar-refractivity contribution in [2.75, 3.05) is 13.2 Å². The van der Waals surface area contributed by atoms with E-state index in [2.05, 4.69) is 5.32 Å². The van der Waals surface area contributed by atoms with Crippen LogP contribution < -0.4 is 5.32 Å². The SMILES string of the molecule is O=C(O)C(NCCCO)c1ccc(F)cc1. The third-order valence-electron chi connectivity index (χ3n) is 2.13. The number of halogens is 1. The highest BCUT2D eigenvalue weighted by atomic mass is 19.1. The Balaban J connectivity index is 2.69. The van der Waals surface area contributed by atoms with E-state index in [9.17, 15) is 9.18 Å². The molecule has 1 aromatic carbocycles. The number of rotatable bonds is 6. The van der Waals surface area contributed by atoms with Crippen LogP contribution in [0, 0.1) is 5.82 Å². The fourth-order valence-corrected chi connectivity index (χ4v) is 1.33. The van der Waals surface area contributed by atoms with Gasteiger partial charge in [-0.15, -0.1) is 0 Å². The summed E-state index contributed by atoms with van der Waals surface area (Å²) >= 11 is 0. The van der Waals surface area contributed by atoms with Gasteiger partial charge in [-0.3, -0.25) is 4.79 Å². The molecule has 0 aliphatic rings. The second-order valence-corrected chi connectivity index (χ2v) is 3.35. The lowest BCUT2D eigenvalue weighted by Crippen LogP contribution is -2.29. The Hall–Kier alpha value is -1.46. The Bertz CT molecular complexity index is 340. The average molecular weight is 227 g/mol. The van der Waals surface area contributed by atoms with Crippen molar-refractivity contribution in [3.8, 4) is 0 Å².